The molecule has 1 heterocycles. The Kier molecular flexibility index (Phi) is 4.58. The van der Waals surface area contributed by atoms with E-state index in [1.54, 1.807) is 7.11 Å². The van der Waals surface area contributed by atoms with Crippen LogP contribution in [0.2, 0.25) is 0 Å². The number of hydrogen-bond acceptors (Lipinski definition) is 5. The second kappa shape index (κ2) is 6.01. The van der Waals surface area contributed by atoms with Crippen molar-refractivity contribution < 1.29 is 9.26 Å². The Labute approximate surface area is 115 Å². The van der Waals surface area contributed by atoms with Crippen molar-refractivity contribution in [2.45, 2.75) is 58.1 Å². The van der Waals surface area contributed by atoms with Crippen LogP contribution in [0.4, 0.5) is 0 Å². The molecule has 1 aliphatic carbocycles. The number of hydrogen-bond donors (Lipinski definition) is 1. The van der Waals surface area contributed by atoms with Crippen molar-refractivity contribution in [2.24, 2.45) is 5.92 Å². The van der Waals surface area contributed by atoms with Crippen LogP contribution in [0.1, 0.15) is 51.7 Å². The molecule has 1 aromatic rings. The smallest absolute Gasteiger partial charge is 0.228 e. The normalized spacial score (nSPS) is 17.7. The van der Waals surface area contributed by atoms with E-state index in [0.29, 0.717) is 17.8 Å². The first-order valence-electron chi connectivity index (χ1n) is 7.18. The zero-order valence-corrected chi connectivity index (χ0v) is 12.4. The Hall–Kier alpha value is -0.940. The molecule has 0 saturated heterocycles. The largest absolute Gasteiger partial charge is 0.371 e. The van der Waals surface area contributed by atoms with Crippen LogP contribution in [-0.2, 0) is 16.8 Å². The lowest BCUT2D eigenvalue weighted by molar-refractivity contribution is 0.00973. The van der Waals surface area contributed by atoms with Gasteiger partial charge in [0.2, 0.25) is 11.7 Å². The molecule has 1 fully saturated rings. The predicted molar refractivity (Wildman–Crippen MR) is 72.8 cm³/mol. The fraction of sp³-hybridized carbons (Fsp3) is 0.857. The minimum atomic E-state index is -0.492. The molecule has 1 aromatic heterocycles. The van der Waals surface area contributed by atoms with Crippen molar-refractivity contribution in [1.82, 2.24) is 15.5 Å². The van der Waals surface area contributed by atoms with Gasteiger partial charge in [0.05, 0.1) is 0 Å². The fourth-order valence-electron chi connectivity index (χ4n) is 2.10. The van der Waals surface area contributed by atoms with Gasteiger partial charge in [-0.25, -0.2) is 0 Å². The molecule has 1 aliphatic rings. The minimum absolute atomic E-state index is 0.471. The summed E-state index contributed by atoms with van der Waals surface area (Å²) >= 11 is 0. The number of nitrogens with one attached hydrogen (secondary N) is 1. The van der Waals surface area contributed by atoms with Crippen molar-refractivity contribution in [2.75, 3.05) is 13.7 Å². The molecular formula is C14H25N3O2. The van der Waals surface area contributed by atoms with E-state index in [1.807, 2.05) is 13.8 Å². The summed E-state index contributed by atoms with van der Waals surface area (Å²) in [5.41, 5.74) is -0.492. The van der Waals surface area contributed by atoms with Crippen LogP contribution >= 0.6 is 0 Å². The monoisotopic (exact) mass is 267 g/mol. The summed E-state index contributed by atoms with van der Waals surface area (Å²) in [4.78, 5) is 4.47. The first kappa shape index (κ1) is 14.5. The second-order valence-corrected chi connectivity index (χ2v) is 5.83. The summed E-state index contributed by atoms with van der Waals surface area (Å²) in [6, 6.07) is 0.471. The predicted octanol–water partition coefficient (Wildman–Crippen LogP) is 2.27. The van der Waals surface area contributed by atoms with E-state index >= 15 is 0 Å². The Morgan fingerprint density at radius 3 is 2.79 bits per heavy atom. The highest BCUT2D eigenvalue weighted by atomic mass is 16.5. The van der Waals surface area contributed by atoms with E-state index in [0.717, 1.165) is 25.3 Å². The van der Waals surface area contributed by atoms with Gasteiger partial charge in [0.15, 0.2) is 0 Å². The van der Waals surface area contributed by atoms with Gasteiger partial charge in [-0.2, -0.15) is 4.98 Å². The Morgan fingerprint density at radius 2 is 2.21 bits per heavy atom. The molecule has 1 saturated carbocycles. The van der Waals surface area contributed by atoms with E-state index in [-0.39, 0.29) is 0 Å². The topological polar surface area (TPSA) is 60.2 Å². The van der Waals surface area contributed by atoms with Crippen molar-refractivity contribution in [1.29, 1.82) is 0 Å². The molecular weight excluding hydrogens is 242 g/mol. The SMILES string of the molecule is CCCNC(Cc1nc(C(C)(C)OC)no1)C1CC1. The van der Waals surface area contributed by atoms with E-state index in [1.165, 1.54) is 12.8 Å². The Morgan fingerprint density at radius 1 is 1.47 bits per heavy atom. The van der Waals surface area contributed by atoms with Crippen molar-refractivity contribution in [3.05, 3.63) is 11.7 Å². The zero-order chi connectivity index (χ0) is 13.9. The van der Waals surface area contributed by atoms with Gasteiger partial charge in [0.1, 0.15) is 5.60 Å². The summed E-state index contributed by atoms with van der Waals surface area (Å²) in [6.07, 6.45) is 4.59. The molecule has 0 aromatic carbocycles. The number of nitrogens with zero attached hydrogens (tertiary/aromatic N) is 2. The summed E-state index contributed by atoms with van der Waals surface area (Å²) < 4.78 is 10.7. The van der Waals surface area contributed by atoms with E-state index in [4.69, 9.17) is 9.26 Å². The van der Waals surface area contributed by atoms with E-state index in [9.17, 15) is 0 Å². The molecule has 0 bridgehead atoms. The van der Waals surface area contributed by atoms with Gasteiger partial charge < -0.3 is 14.6 Å². The quantitative estimate of drug-likeness (QED) is 0.783. The number of methoxy groups -OCH3 is 1. The molecule has 1 atom stereocenters. The molecule has 19 heavy (non-hydrogen) atoms. The van der Waals surface area contributed by atoms with Crippen LogP contribution in [-0.4, -0.2) is 29.8 Å². The van der Waals surface area contributed by atoms with Gasteiger partial charge >= 0.3 is 0 Å². The molecule has 0 aliphatic heterocycles. The molecule has 1 N–H and O–H groups in total. The molecule has 1 unspecified atom stereocenters. The Balaban J connectivity index is 1.97. The van der Waals surface area contributed by atoms with Gasteiger partial charge in [-0.1, -0.05) is 12.1 Å². The molecule has 0 spiro atoms. The molecule has 5 heteroatoms. The first-order chi connectivity index (χ1) is 9.06. The highest BCUT2D eigenvalue weighted by molar-refractivity contribution is 5.00. The van der Waals surface area contributed by atoms with Crippen molar-refractivity contribution in [3.8, 4) is 0 Å². The van der Waals surface area contributed by atoms with Crippen LogP contribution in [0, 0.1) is 5.92 Å². The molecule has 5 nitrogen and oxygen atoms in total. The molecule has 2 rings (SSSR count). The van der Waals surface area contributed by atoms with Gasteiger partial charge in [0, 0.05) is 19.6 Å². The van der Waals surface area contributed by atoms with Gasteiger partial charge in [-0.3, -0.25) is 0 Å². The number of aromatic nitrogens is 2. The van der Waals surface area contributed by atoms with Crippen LogP contribution in [0.5, 0.6) is 0 Å². The molecule has 0 radical (unpaired) electrons. The third kappa shape index (κ3) is 3.76. The van der Waals surface area contributed by atoms with Crippen LogP contribution in [0.25, 0.3) is 0 Å². The second-order valence-electron chi connectivity index (χ2n) is 5.83. The maximum Gasteiger partial charge on any atom is 0.228 e. The van der Waals surface area contributed by atoms with Gasteiger partial charge in [-0.05, 0) is 45.6 Å². The lowest BCUT2D eigenvalue weighted by Crippen LogP contribution is -2.33. The van der Waals surface area contributed by atoms with Gasteiger partial charge in [-0.15, -0.1) is 0 Å². The highest BCUT2D eigenvalue weighted by Crippen LogP contribution is 2.34. The summed E-state index contributed by atoms with van der Waals surface area (Å²) in [6.45, 7) is 7.11. The van der Waals surface area contributed by atoms with Crippen LogP contribution in [0.3, 0.4) is 0 Å². The third-order valence-corrected chi connectivity index (χ3v) is 3.76. The average Bonchev–Trinajstić information content (AvgIpc) is 3.13. The minimum Gasteiger partial charge on any atom is -0.371 e. The lowest BCUT2D eigenvalue weighted by Gasteiger charge is -2.17. The zero-order valence-electron chi connectivity index (χ0n) is 12.4. The van der Waals surface area contributed by atoms with Crippen molar-refractivity contribution in [3.63, 3.8) is 0 Å². The maximum absolute atomic E-state index is 5.37. The fourth-order valence-corrected chi connectivity index (χ4v) is 2.10. The summed E-state index contributed by atoms with van der Waals surface area (Å²) in [5, 5.41) is 7.62. The first-order valence-corrected chi connectivity index (χ1v) is 7.18. The molecule has 108 valence electrons. The lowest BCUT2D eigenvalue weighted by atomic mass is 10.1. The summed E-state index contributed by atoms with van der Waals surface area (Å²) in [7, 11) is 1.66. The number of rotatable bonds is 8. The van der Waals surface area contributed by atoms with Crippen LogP contribution in [0.15, 0.2) is 4.52 Å². The third-order valence-electron chi connectivity index (χ3n) is 3.76. The van der Waals surface area contributed by atoms with Crippen molar-refractivity contribution >= 4 is 0 Å². The van der Waals surface area contributed by atoms with Gasteiger partial charge in [0.25, 0.3) is 0 Å². The summed E-state index contributed by atoms with van der Waals surface area (Å²) in [5.74, 6) is 2.10. The van der Waals surface area contributed by atoms with E-state index < -0.39 is 5.60 Å². The average molecular weight is 267 g/mol. The van der Waals surface area contributed by atoms with Crippen LogP contribution < -0.4 is 5.32 Å². The van der Waals surface area contributed by atoms with E-state index in [2.05, 4.69) is 22.4 Å². The highest BCUT2D eigenvalue weighted by Gasteiger charge is 2.33. The Bertz CT molecular complexity index is 399. The number of ether oxygens (including phenoxy) is 1. The molecule has 0 amide bonds. The standard InChI is InChI=1S/C14H25N3O2/c1-5-8-15-11(10-6-7-10)9-12-16-13(17-19-12)14(2,3)18-4/h10-11,15H,5-9H2,1-4H3. The maximum atomic E-state index is 5.37.